The van der Waals surface area contributed by atoms with Gasteiger partial charge in [0.05, 0.1) is 0 Å². The Kier molecular flexibility index (Phi) is 5.43. The van der Waals surface area contributed by atoms with Crippen LogP contribution in [-0.4, -0.2) is 16.8 Å². The first-order valence-electron chi connectivity index (χ1n) is 6.50. The highest BCUT2D eigenvalue weighted by Gasteiger charge is 2.07. The Bertz CT molecular complexity index is 682. The average molecular weight is 360 g/mol. The molecule has 0 bridgehead atoms. The van der Waals surface area contributed by atoms with Gasteiger partial charge in [0.1, 0.15) is 5.82 Å². The number of aromatic nitrogens is 1. The molecule has 2 rings (SSSR count). The fourth-order valence-corrected chi connectivity index (χ4v) is 1.91. The number of nitrogens with zero attached hydrogens (tertiary/aromatic N) is 1. The second-order valence-electron chi connectivity index (χ2n) is 4.43. The molecule has 2 N–H and O–H groups in total. The Balaban J connectivity index is 1.97. The normalized spacial score (nSPS) is 9.86. The smallest absolute Gasteiger partial charge is 0.256 e. The Morgan fingerprint density at radius 3 is 2.50 bits per heavy atom. The number of hydrogen-bond acceptors (Lipinski definition) is 3. The number of halogens is 1. The first-order chi connectivity index (χ1) is 10.6. The van der Waals surface area contributed by atoms with Crippen LogP contribution in [0.15, 0.2) is 59.7 Å². The van der Waals surface area contributed by atoms with E-state index in [-0.39, 0.29) is 11.8 Å². The lowest BCUT2D eigenvalue weighted by Crippen LogP contribution is -2.20. The second-order valence-corrected chi connectivity index (χ2v) is 5.35. The summed E-state index contributed by atoms with van der Waals surface area (Å²) in [6.07, 6.45) is 2.83. The van der Waals surface area contributed by atoms with E-state index in [9.17, 15) is 9.59 Å². The van der Waals surface area contributed by atoms with Gasteiger partial charge in [-0.15, -0.1) is 0 Å². The van der Waals surface area contributed by atoms with Gasteiger partial charge in [-0.05, 0) is 51.8 Å². The second kappa shape index (κ2) is 7.51. The lowest BCUT2D eigenvalue weighted by atomic mass is 10.1. The summed E-state index contributed by atoms with van der Waals surface area (Å²) < 4.78 is 0.844. The zero-order chi connectivity index (χ0) is 15.9. The van der Waals surface area contributed by atoms with E-state index < -0.39 is 0 Å². The molecule has 2 amide bonds. The van der Waals surface area contributed by atoms with Gasteiger partial charge in [-0.25, -0.2) is 4.98 Å². The van der Waals surface area contributed by atoms with Gasteiger partial charge in [0.25, 0.3) is 5.91 Å². The number of amides is 2. The van der Waals surface area contributed by atoms with Crippen molar-refractivity contribution in [2.75, 3.05) is 5.32 Å². The molecule has 6 heteroatoms. The molecule has 0 saturated heterocycles. The quantitative estimate of drug-likeness (QED) is 0.806. The lowest BCUT2D eigenvalue weighted by Gasteiger charge is -2.06. The van der Waals surface area contributed by atoms with E-state index in [1.54, 1.807) is 42.6 Å². The van der Waals surface area contributed by atoms with Gasteiger partial charge in [0.15, 0.2) is 0 Å². The van der Waals surface area contributed by atoms with Crippen LogP contribution in [0.25, 0.3) is 0 Å². The highest BCUT2D eigenvalue weighted by atomic mass is 79.9. The van der Waals surface area contributed by atoms with Crippen LogP contribution in [0.1, 0.15) is 15.9 Å². The van der Waals surface area contributed by atoms with Crippen LogP contribution >= 0.6 is 15.9 Å². The molecule has 112 valence electrons. The Morgan fingerprint density at radius 1 is 1.18 bits per heavy atom. The largest absolute Gasteiger partial charge is 0.348 e. The minimum absolute atomic E-state index is 0.233. The SMILES string of the molecule is C=CC(=O)NCc1ccc(C(=O)Nc2ccc(Br)cn2)cc1. The zero-order valence-corrected chi connectivity index (χ0v) is 13.3. The standard InChI is InChI=1S/C16H14BrN3O2/c1-2-15(21)19-9-11-3-5-12(6-4-11)16(22)20-14-8-7-13(17)10-18-14/h2-8,10H,1,9H2,(H,19,21)(H,18,20,22). The molecule has 22 heavy (non-hydrogen) atoms. The molecule has 1 aromatic carbocycles. The maximum atomic E-state index is 12.1. The Hall–Kier alpha value is -2.47. The number of benzene rings is 1. The molecule has 0 spiro atoms. The molecule has 0 aliphatic rings. The van der Waals surface area contributed by atoms with Crippen molar-refractivity contribution in [1.82, 2.24) is 10.3 Å². The van der Waals surface area contributed by atoms with Crippen LogP contribution in [0.5, 0.6) is 0 Å². The predicted octanol–water partition coefficient (Wildman–Crippen LogP) is 2.90. The molecule has 0 saturated carbocycles. The summed E-state index contributed by atoms with van der Waals surface area (Å²) in [5.41, 5.74) is 1.41. The molecule has 0 atom stereocenters. The third-order valence-electron chi connectivity index (χ3n) is 2.84. The molecule has 0 unspecified atom stereocenters. The third-order valence-corrected chi connectivity index (χ3v) is 3.31. The number of hydrogen-bond donors (Lipinski definition) is 2. The number of anilines is 1. The van der Waals surface area contributed by atoms with Gasteiger partial charge in [0.2, 0.25) is 5.91 Å². The summed E-state index contributed by atoms with van der Waals surface area (Å²) in [6, 6.07) is 10.5. The Morgan fingerprint density at radius 2 is 1.91 bits per heavy atom. The number of pyridine rings is 1. The molecule has 1 heterocycles. The zero-order valence-electron chi connectivity index (χ0n) is 11.7. The number of nitrogens with one attached hydrogen (secondary N) is 2. The maximum Gasteiger partial charge on any atom is 0.256 e. The van der Waals surface area contributed by atoms with E-state index in [0.29, 0.717) is 17.9 Å². The topological polar surface area (TPSA) is 71.1 Å². The van der Waals surface area contributed by atoms with Crippen LogP contribution < -0.4 is 10.6 Å². The van der Waals surface area contributed by atoms with Crippen LogP contribution in [-0.2, 0) is 11.3 Å². The molecule has 0 aliphatic carbocycles. The first-order valence-corrected chi connectivity index (χ1v) is 7.30. The summed E-state index contributed by atoms with van der Waals surface area (Å²) in [5, 5.41) is 5.38. The van der Waals surface area contributed by atoms with Crippen molar-refractivity contribution in [1.29, 1.82) is 0 Å². The average Bonchev–Trinajstić information content (AvgIpc) is 2.55. The predicted molar refractivity (Wildman–Crippen MR) is 88.4 cm³/mol. The number of carbonyl (C=O) groups is 2. The summed E-state index contributed by atoms with van der Waals surface area (Å²) in [4.78, 5) is 27.2. The van der Waals surface area contributed by atoms with Crippen molar-refractivity contribution in [2.45, 2.75) is 6.54 Å². The molecule has 0 aliphatic heterocycles. The van der Waals surface area contributed by atoms with Crippen LogP contribution in [0.2, 0.25) is 0 Å². The van der Waals surface area contributed by atoms with Gasteiger partial charge >= 0.3 is 0 Å². The summed E-state index contributed by atoms with van der Waals surface area (Å²) in [6.45, 7) is 3.77. The van der Waals surface area contributed by atoms with Gasteiger partial charge in [0, 0.05) is 22.8 Å². The fourth-order valence-electron chi connectivity index (χ4n) is 1.67. The van der Waals surface area contributed by atoms with Gasteiger partial charge in [-0.2, -0.15) is 0 Å². The fraction of sp³-hybridized carbons (Fsp3) is 0.0625. The highest BCUT2D eigenvalue weighted by molar-refractivity contribution is 9.10. The van der Waals surface area contributed by atoms with E-state index in [1.165, 1.54) is 6.08 Å². The minimum atomic E-state index is -0.239. The van der Waals surface area contributed by atoms with E-state index in [0.717, 1.165) is 10.0 Å². The first kappa shape index (κ1) is 15.9. The summed E-state index contributed by atoms with van der Waals surface area (Å²) in [5.74, 6) is 0.00940. The van der Waals surface area contributed by atoms with Gasteiger partial charge < -0.3 is 10.6 Å². The van der Waals surface area contributed by atoms with Crippen molar-refractivity contribution in [3.05, 3.63) is 70.8 Å². The maximum absolute atomic E-state index is 12.1. The summed E-state index contributed by atoms with van der Waals surface area (Å²) >= 11 is 3.28. The van der Waals surface area contributed by atoms with Crippen molar-refractivity contribution in [2.24, 2.45) is 0 Å². The monoisotopic (exact) mass is 359 g/mol. The minimum Gasteiger partial charge on any atom is -0.348 e. The van der Waals surface area contributed by atoms with E-state index >= 15 is 0 Å². The third kappa shape index (κ3) is 4.53. The molecule has 2 aromatic rings. The van der Waals surface area contributed by atoms with Gasteiger partial charge in [-0.1, -0.05) is 18.7 Å². The number of rotatable bonds is 5. The molecule has 5 nitrogen and oxygen atoms in total. The summed E-state index contributed by atoms with van der Waals surface area (Å²) in [7, 11) is 0. The van der Waals surface area contributed by atoms with Crippen molar-refractivity contribution in [3.63, 3.8) is 0 Å². The van der Waals surface area contributed by atoms with Crippen molar-refractivity contribution in [3.8, 4) is 0 Å². The van der Waals surface area contributed by atoms with Crippen molar-refractivity contribution < 1.29 is 9.59 Å². The van der Waals surface area contributed by atoms with Crippen LogP contribution in [0, 0.1) is 0 Å². The molecular formula is C16H14BrN3O2. The highest BCUT2D eigenvalue weighted by Crippen LogP contribution is 2.12. The number of carbonyl (C=O) groups excluding carboxylic acids is 2. The van der Waals surface area contributed by atoms with Crippen LogP contribution in [0.3, 0.4) is 0 Å². The van der Waals surface area contributed by atoms with Gasteiger partial charge in [-0.3, -0.25) is 9.59 Å². The van der Waals surface area contributed by atoms with E-state index in [1.807, 2.05) is 0 Å². The molecule has 0 radical (unpaired) electrons. The van der Waals surface area contributed by atoms with E-state index in [4.69, 9.17) is 0 Å². The van der Waals surface area contributed by atoms with E-state index in [2.05, 4.69) is 38.1 Å². The van der Waals surface area contributed by atoms with Crippen molar-refractivity contribution >= 4 is 33.6 Å². The Labute approximate surface area is 136 Å². The van der Waals surface area contributed by atoms with Crippen LogP contribution in [0.4, 0.5) is 5.82 Å². The molecule has 0 fully saturated rings. The molecular weight excluding hydrogens is 346 g/mol. The molecule has 1 aromatic heterocycles. The lowest BCUT2D eigenvalue weighted by molar-refractivity contribution is -0.116.